The van der Waals surface area contributed by atoms with Crippen LogP contribution in [0, 0.1) is 18.6 Å². The second-order valence-corrected chi connectivity index (χ2v) is 8.10. The van der Waals surface area contributed by atoms with Gasteiger partial charge in [0.25, 0.3) is 11.7 Å². The number of aliphatic hydroxyl groups excluding tert-OH is 1. The van der Waals surface area contributed by atoms with Crippen LogP contribution in [0.5, 0.6) is 11.5 Å². The van der Waals surface area contributed by atoms with Crippen molar-refractivity contribution in [1.29, 1.82) is 0 Å². The first kappa shape index (κ1) is 23.3. The summed E-state index contributed by atoms with van der Waals surface area (Å²) in [6, 6.07) is 10.3. The van der Waals surface area contributed by atoms with E-state index in [4.69, 9.17) is 16.3 Å². The van der Waals surface area contributed by atoms with Crippen molar-refractivity contribution < 1.29 is 33.3 Å². The van der Waals surface area contributed by atoms with Crippen LogP contribution in [0.2, 0.25) is 5.02 Å². The number of Topliss-reactive ketones (excluding diaryl/α,β-unsaturated/α-hetero) is 1. The number of methoxy groups -OCH3 is 1. The van der Waals surface area contributed by atoms with Crippen molar-refractivity contribution in [3.05, 3.63) is 93.5 Å². The Bertz CT molecular complexity index is 1370. The van der Waals surface area contributed by atoms with Crippen LogP contribution in [0.1, 0.15) is 22.7 Å². The summed E-state index contributed by atoms with van der Waals surface area (Å²) in [7, 11) is 1.33. The number of carbonyl (C=O) groups excluding carboxylic acids is 2. The highest BCUT2D eigenvalue weighted by Gasteiger charge is 2.47. The largest absolute Gasteiger partial charge is 0.508 e. The monoisotopic (exact) mass is 485 g/mol. The number of phenolic OH excluding ortho intramolecular Hbond substituents is 1. The molecule has 6 nitrogen and oxygen atoms in total. The van der Waals surface area contributed by atoms with E-state index in [1.54, 1.807) is 13.0 Å². The normalized spacial score (nSPS) is 17.3. The molecule has 3 aromatic rings. The molecule has 1 amide bonds. The Morgan fingerprint density at radius 2 is 1.79 bits per heavy atom. The molecule has 1 heterocycles. The molecule has 9 heteroatoms. The van der Waals surface area contributed by atoms with Gasteiger partial charge in [-0.15, -0.1) is 0 Å². The van der Waals surface area contributed by atoms with Gasteiger partial charge < -0.3 is 14.9 Å². The number of hydrogen-bond acceptors (Lipinski definition) is 5. The van der Waals surface area contributed by atoms with E-state index < -0.39 is 35.1 Å². The molecule has 174 valence electrons. The highest BCUT2D eigenvalue weighted by molar-refractivity contribution is 6.51. The Kier molecular flexibility index (Phi) is 6.01. The fourth-order valence-electron chi connectivity index (χ4n) is 4.00. The summed E-state index contributed by atoms with van der Waals surface area (Å²) in [6.45, 7) is 1.72. The lowest BCUT2D eigenvalue weighted by Crippen LogP contribution is -2.29. The molecule has 3 aromatic carbocycles. The maximum absolute atomic E-state index is 14.0. The second kappa shape index (κ2) is 8.79. The number of aliphatic hydroxyl groups is 1. The Balaban J connectivity index is 2.02. The van der Waals surface area contributed by atoms with Gasteiger partial charge in [0.05, 0.1) is 29.3 Å². The molecule has 0 bridgehead atoms. The van der Waals surface area contributed by atoms with E-state index in [-0.39, 0.29) is 38.9 Å². The average molecular weight is 486 g/mol. The van der Waals surface area contributed by atoms with Crippen molar-refractivity contribution in [3.8, 4) is 11.5 Å². The first-order valence-corrected chi connectivity index (χ1v) is 10.4. The molecule has 0 radical (unpaired) electrons. The van der Waals surface area contributed by atoms with Gasteiger partial charge in [-0.05, 0) is 54.4 Å². The highest BCUT2D eigenvalue weighted by atomic mass is 35.5. The predicted molar refractivity (Wildman–Crippen MR) is 122 cm³/mol. The summed E-state index contributed by atoms with van der Waals surface area (Å²) in [5.74, 6) is -5.13. The smallest absolute Gasteiger partial charge is 0.300 e. The van der Waals surface area contributed by atoms with Gasteiger partial charge in [0, 0.05) is 11.8 Å². The maximum atomic E-state index is 14.0. The number of halogens is 3. The summed E-state index contributed by atoms with van der Waals surface area (Å²) < 4.78 is 32.9. The molecule has 1 unspecified atom stereocenters. The van der Waals surface area contributed by atoms with Crippen LogP contribution in [0.4, 0.5) is 14.5 Å². The van der Waals surface area contributed by atoms with Crippen molar-refractivity contribution in [2.24, 2.45) is 0 Å². The van der Waals surface area contributed by atoms with E-state index in [0.29, 0.717) is 5.56 Å². The molecule has 1 atom stereocenters. The number of ether oxygens (including phenoxy) is 1. The molecular formula is C25H18ClF2NO5. The van der Waals surface area contributed by atoms with E-state index in [2.05, 4.69) is 0 Å². The van der Waals surface area contributed by atoms with Crippen LogP contribution in [-0.4, -0.2) is 29.0 Å². The fraction of sp³-hybridized carbons (Fsp3) is 0.120. The van der Waals surface area contributed by atoms with Crippen LogP contribution >= 0.6 is 11.6 Å². The van der Waals surface area contributed by atoms with E-state index in [9.17, 15) is 28.6 Å². The number of hydrogen-bond donors (Lipinski definition) is 2. The van der Waals surface area contributed by atoms with Gasteiger partial charge in [-0.25, -0.2) is 8.78 Å². The second-order valence-electron chi connectivity index (χ2n) is 7.69. The Labute approximate surface area is 198 Å². The van der Waals surface area contributed by atoms with Gasteiger partial charge in [0.1, 0.15) is 17.3 Å². The van der Waals surface area contributed by atoms with Gasteiger partial charge in [-0.3, -0.25) is 14.5 Å². The van der Waals surface area contributed by atoms with E-state index in [1.807, 2.05) is 0 Å². The molecule has 0 spiro atoms. The zero-order valence-electron chi connectivity index (χ0n) is 18.0. The van der Waals surface area contributed by atoms with Gasteiger partial charge >= 0.3 is 0 Å². The minimum atomic E-state index is -1.26. The SMILES string of the molecule is COc1c(Cl)cc(C)cc1/C(O)=C1\C(=O)C(=O)N(c2ccc(F)c(F)c2)C1c1cccc(O)c1. The van der Waals surface area contributed by atoms with Crippen LogP contribution in [0.25, 0.3) is 5.76 Å². The van der Waals surface area contributed by atoms with Crippen LogP contribution in [-0.2, 0) is 9.59 Å². The van der Waals surface area contributed by atoms with Gasteiger partial charge in [0.2, 0.25) is 0 Å². The lowest BCUT2D eigenvalue weighted by molar-refractivity contribution is -0.132. The van der Waals surface area contributed by atoms with Crippen LogP contribution in [0.15, 0.2) is 60.2 Å². The summed E-state index contributed by atoms with van der Waals surface area (Å²) in [5.41, 5.74) is 0.531. The van der Waals surface area contributed by atoms with Crippen LogP contribution < -0.4 is 9.64 Å². The number of anilines is 1. The number of benzene rings is 3. The summed E-state index contributed by atoms with van der Waals surface area (Å²) in [6.07, 6.45) is 0. The van der Waals surface area contributed by atoms with Crippen molar-refractivity contribution >= 4 is 34.7 Å². The molecule has 1 saturated heterocycles. The number of carbonyl (C=O) groups is 2. The van der Waals surface area contributed by atoms with Gasteiger partial charge in [0.15, 0.2) is 11.6 Å². The standard InChI is InChI=1S/C25H18ClF2NO5/c1-12-8-16(24(34-2)17(26)9-12)22(31)20-21(13-4-3-5-15(30)10-13)29(25(33)23(20)32)14-6-7-18(27)19(28)11-14/h3-11,21,30-31H,1-2H3/b22-20+. The Hall–Kier alpha value is -3.91. The number of nitrogens with zero attached hydrogens (tertiary/aromatic N) is 1. The third-order valence-electron chi connectivity index (χ3n) is 5.46. The zero-order valence-corrected chi connectivity index (χ0v) is 18.7. The molecule has 0 aromatic heterocycles. The lowest BCUT2D eigenvalue weighted by Gasteiger charge is -2.26. The summed E-state index contributed by atoms with van der Waals surface area (Å²) in [4.78, 5) is 27.2. The molecule has 1 aliphatic heterocycles. The lowest BCUT2D eigenvalue weighted by atomic mass is 9.94. The predicted octanol–water partition coefficient (Wildman–Crippen LogP) is 5.27. The zero-order chi connectivity index (χ0) is 24.7. The van der Waals surface area contributed by atoms with Crippen molar-refractivity contribution in [3.63, 3.8) is 0 Å². The number of amides is 1. The fourth-order valence-corrected chi connectivity index (χ4v) is 4.35. The van der Waals surface area contributed by atoms with Crippen molar-refractivity contribution in [1.82, 2.24) is 0 Å². The number of ketones is 1. The van der Waals surface area contributed by atoms with E-state index in [1.165, 1.54) is 37.4 Å². The van der Waals surface area contributed by atoms with Crippen molar-refractivity contribution in [2.45, 2.75) is 13.0 Å². The van der Waals surface area contributed by atoms with E-state index >= 15 is 0 Å². The quantitative estimate of drug-likeness (QED) is 0.299. The number of aryl methyl sites for hydroxylation is 1. The molecule has 1 aliphatic rings. The molecule has 2 N–H and O–H groups in total. The van der Waals surface area contributed by atoms with Gasteiger partial charge in [-0.2, -0.15) is 0 Å². The molecule has 4 rings (SSSR count). The first-order valence-electron chi connectivity index (χ1n) is 10.0. The number of phenols is 1. The van der Waals surface area contributed by atoms with E-state index in [0.717, 1.165) is 23.1 Å². The molecule has 34 heavy (non-hydrogen) atoms. The van der Waals surface area contributed by atoms with Crippen LogP contribution in [0.3, 0.4) is 0 Å². The average Bonchev–Trinajstić information content (AvgIpc) is 3.05. The minimum Gasteiger partial charge on any atom is -0.508 e. The third-order valence-corrected chi connectivity index (χ3v) is 5.74. The summed E-state index contributed by atoms with van der Waals surface area (Å²) in [5, 5.41) is 21.5. The topological polar surface area (TPSA) is 87.1 Å². The van der Waals surface area contributed by atoms with Gasteiger partial charge in [-0.1, -0.05) is 23.7 Å². The molecule has 0 saturated carbocycles. The first-order chi connectivity index (χ1) is 16.1. The van der Waals surface area contributed by atoms with Crippen molar-refractivity contribution in [2.75, 3.05) is 12.0 Å². The maximum Gasteiger partial charge on any atom is 0.300 e. The molecule has 1 fully saturated rings. The molecular weight excluding hydrogens is 468 g/mol. The Morgan fingerprint density at radius 1 is 1.06 bits per heavy atom. The summed E-state index contributed by atoms with van der Waals surface area (Å²) >= 11 is 6.25. The molecule has 0 aliphatic carbocycles. The minimum absolute atomic E-state index is 0.0703. The number of rotatable bonds is 4. The third kappa shape index (κ3) is 3.86. The number of aromatic hydroxyl groups is 1. The highest BCUT2D eigenvalue weighted by Crippen LogP contribution is 2.45. The Morgan fingerprint density at radius 3 is 2.44 bits per heavy atom.